The van der Waals surface area contributed by atoms with Gasteiger partial charge >= 0.3 is 0 Å². The van der Waals surface area contributed by atoms with Crippen LogP contribution in [-0.2, 0) is 0 Å². The zero-order valence-corrected chi connectivity index (χ0v) is 16.1. The van der Waals surface area contributed by atoms with Crippen molar-refractivity contribution in [3.05, 3.63) is 99.1 Å². The molecule has 0 fully saturated rings. The van der Waals surface area contributed by atoms with E-state index in [1.54, 1.807) is 24.4 Å². The molecule has 1 N–H and O–H groups in total. The van der Waals surface area contributed by atoms with E-state index in [9.17, 15) is 9.18 Å². The Morgan fingerprint density at radius 1 is 1.18 bits per heavy atom. The summed E-state index contributed by atoms with van der Waals surface area (Å²) in [5.41, 5.74) is 3.44. The molecule has 2 aromatic carbocycles. The number of carbonyl (C=O) groups excluding carboxylic acids is 1. The highest BCUT2D eigenvalue weighted by Gasteiger charge is 2.21. The summed E-state index contributed by atoms with van der Waals surface area (Å²) in [7, 11) is 0. The third-order valence-electron chi connectivity index (χ3n) is 4.36. The van der Waals surface area contributed by atoms with Crippen LogP contribution >= 0.6 is 11.6 Å². The van der Waals surface area contributed by atoms with Crippen LogP contribution in [0, 0.1) is 31.0 Å². The summed E-state index contributed by atoms with van der Waals surface area (Å²) in [5.74, 6) is -1.20. The zero-order chi connectivity index (χ0) is 20.3. The molecule has 0 aliphatic rings. The summed E-state index contributed by atoms with van der Waals surface area (Å²) < 4.78 is 13.9. The van der Waals surface area contributed by atoms with Crippen molar-refractivity contribution in [2.24, 2.45) is 0 Å². The molecule has 0 bridgehead atoms. The van der Waals surface area contributed by atoms with Gasteiger partial charge in [0, 0.05) is 16.8 Å². The van der Waals surface area contributed by atoms with Crippen LogP contribution in [0.1, 0.15) is 44.3 Å². The molecule has 1 heterocycles. The molecule has 0 radical (unpaired) electrons. The van der Waals surface area contributed by atoms with Crippen molar-refractivity contribution in [3.8, 4) is 6.07 Å². The minimum atomic E-state index is -0.733. The van der Waals surface area contributed by atoms with E-state index in [1.165, 1.54) is 12.1 Å². The lowest BCUT2D eigenvalue weighted by Gasteiger charge is -2.21. The Morgan fingerprint density at radius 2 is 1.89 bits per heavy atom. The molecule has 4 nitrogen and oxygen atoms in total. The van der Waals surface area contributed by atoms with Gasteiger partial charge in [-0.1, -0.05) is 29.8 Å². The molecule has 3 aromatic rings. The van der Waals surface area contributed by atoms with Crippen molar-refractivity contribution in [2.45, 2.75) is 19.9 Å². The number of hydrogen-bond acceptors (Lipinski definition) is 3. The van der Waals surface area contributed by atoms with Crippen molar-refractivity contribution >= 4 is 17.5 Å². The minimum absolute atomic E-state index is 0.109. The molecule has 1 atom stereocenters. The first kappa shape index (κ1) is 19.5. The number of hydrogen-bond donors (Lipinski definition) is 1. The molecule has 0 unspecified atom stereocenters. The number of carbonyl (C=O) groups is 1. The number of pyridine rings is 1. The molecule has 0 saturated carbocycles. The van der Waals surface area contributed by atoms with Gasteiger partial charge in [-0.25, -0.2) is 4.39 Å². The molecule has 1 amide bonds. The first-order valence-corrected chi connectivity index (χ1v) is 8.96. The maximum absolute atomic E-state index is 13.9. The van der Waals surface area contributed by atoms with Gasteiger partial charge in [-0.2, -0.15) is 5.26 Å². The third-order valence-corrected chi connectivity index (χ3v) is 4.61. The maximum atomic E-state index is 13.9. The molecule has 0 saturated heterocycles. The highest BCUT2D eigenvalue weighted by Crippen LogP contribution is 2.25. The number of nitriles is 1. The van der Waals surface area contributed by atoms with Crippen molar-refractivity contribution in [2.75, 3.05) is 0 Å². The molecular weight excluding hydrogens is 377 g/mol. The number of aromatic nitrogens is 1. The van der Waals surface area contributed by atoms with Gasteiger partial charge in [0.1, 0.15) is 11.9 Å². The van der Waals surface area contributed by atoms with Crippen molar-refractivity contribution < 1.29 is 9.18 Å². The fourth-order valence-electron chi connectivity index (χ4n) is 2.95. The molecule has 0 aliphatic carbocycles. The van der Waals surface area contributed by atoms with E-state index in [0.29, 0.717) is 10.7 Å². The van der Waals surface area contributed by atoms with E-state index >= 15 is 0 Å². The van der Waals surface area contributed by atoms with Crippen LogP contribution in [0.4, 0.5) is 4.39 Å². The van der Waals surface area contributed by atoms with Gasteiger partial charge in [-0.05, 0) is 60.9 Å². The number of rotatable bonds is 4. The van der Waals surface area contributed by atoms with Crippen LogP contribution in [0.2, 0.25) is 5.02 Å². The van der Waals surface area contributed by atoms with Gasteiger partial charge in [-0.3, -0.25) is 9.78 Å². The predicted molar refractivity (Wildman–Crippen MR) is 106 cm³/mol. The summed E-state index contributed by atoms with van der Waals surface area (Å²) >= 11 is 5.99. The number of nitrogens with one attached hydrogen (secondary N) is 1. The summed E-state index contributed by atoms with van der Waals surface area (Å²) in [5, 5.41) is 12.4. The number of amides is 1. The lowest BCUT2D eigenvalue weighted by Crippen LogP contribution is -2.30. The number of halogens is 2. The first-order chi connectivity index (χ1) is 13.4. The van der Waals surface area contributed by atoms with Gasteiger partial charge < -0.3 is 5.32 Å². The SMILES string of the molecule is Cc1cnc([C@H](NC(=O)c2ccc(C#N)c(F)c2)c2ccc(Cl)cc2)c(C)c1. The minimum Gasteiger partial charge on any atom is -0.340 e. The second kappa shape index (κ2) is 8.20. The summed E-state index contributed by atoms with van der Waals surface area (Å²) in [6.07, 6.45) is 1.73. The van der Waals surface area contributed by atoms with Crippen molar-refractivity contribution in [1.29, 1.82) is 5.26 Å². The Hall–Kier alpha value is -3.23. The van der Waals surface area contributed by atoms with Crippen LogP contribution in [0.3, 0.4) is 0 Å². The first-order valence-electron chi connectivity index (χ1n) is 8.58. The van der Waals surface area contributed by atoms with Gasteiger partial charge in [0.25, 0.3) is 5.91 Å². The Morgan fingerprint density at radius 3 is 2.50 bits per heavy atom. The molecule has 140 valence electrons. The predicted octanol–water partition coefficient (Wildman–Crippen LogP) is 4.88. The van der Waals surface area contributed by atoms with Crippen LogP contribution in [-0.4, -0.2) is 10.9 Å². The number of benzene rings is 2. The number of nitrogens with zero attached hydrogens (tertiary/aromatic N) is 2. The van der Waals surface area contributed by atoms with Crippen LogP contribution in [0.25, 0.3) is 0 Å². The van der Waals surface area contributed by atoms with Crippen molar-refractivity contribution in [1.82, 2.24) is 10.3 Å². The molecule has 6 heteroatoms. The lowest BCUT2D eigenvalue weighted by atomic mass is 9.98. The smallest absolute Gasteiger partial charge is 0.252 e. The van der Waals surface area contributed by atoms with Gasteiger partial charge in [0.15, 0.2) is 0 Å². The van der Waals surface area contributed by atoms with E-state index < -0.39 is 17.8 Å². The second-order valence-corrected chi connectivity index (χ2v) is 6.92. The fourth-order valence-corrected chi connectivity index (χ4v) is 3.08. The van der Waals surface area contributed by atoms with Gasteiger partial charge in [0.05, 0.1) is 17.3 Å². The summed E-state index contributed by atoms with van der Waals surface area (Å²) in [6.45, 7) is 3.87. The zero-order valence-electron chi connectivity index (χ0n) is 15.3. The highest BCUT2D eigenvalue weighted by molar-refractivity contribution is 6.30. The largest absolute Gasteiger partial charge is 0.340 e. The fraction of sp³-hybridized carbons (Fsp3) is 0.136. The standard InChI is InChI=1S/C22H17ClFN3O/c1-13-9-14(2)20(26-12-13)21(15-5-7-18(23)8-6-15)27-22(28)16-3-4-17(11-25)19(24)10-16/h3-10,12,21H,1-2H3,(H,27,28)/t21-/m1/s1. The maximum Gasteiger partial charge on any atom is 0.252 e. The van der Waals surface area contributed by atoms with E-state index in [2.05, 4.69) is 10.3 Å². The second-order valence-electron chi connectivity index (χ2n) is 6.48. The summed E-state index contributed by atoms with van der Waals surface area (Å²) in [4.78, 5) is 17.3. The van der Waals surface area contributed by atoms with Crippen LogP contribution in [0.15, 0.2) is 54.7 Å². The van der Waals surface area contributed by atoms with Gasteiger partial charge in [-0.15, -0.1) is 0 Å². The monoisotopic (exact) mass is 393 g/mol. The molecule has 28 heavy (non-hydrogen) atoms. The Balaban J connectivity index is 1.99. The Kier molecular flexibility index (Phi) is 5.72. The van der Waals surface area contributed by atoms with E-state index in [0.717, 1.165) is 22.8 Å². The Labute approximate surface area is 167 Å². The Bertz CT molecular complexity index is 1070. The average Bonchev–Trinajstić information content (AvgIpc) is 2.67. The van der Waals surface area contributed by atoms with Crippen molar-refractivity contribution in [3.63, 3.8) is 0 Å². The molecule has 0 aliphatic heterocycles. The van der Waals surface area contributed by atoms with Gasteiger partial charge in [0.2, 0.25) is 0 Å². The topological polar surface area (TPSA) is 65.8 Å². The third kappa shape index (κ3) is 4.19. The molecular formula is C22H17ClFN3O. The van der Waals surface area contributed by atoms with Crippen LogP contribution < -0.4 is 5.32 Å². The van der Waals surface area contributed by atoms with E-state index in [-0.39, 0.29) is 11.1 Å². The normalized spacial score (nSPS) is 11.5. The molecule has 3 rings (SSSR count). The summed E-state index contributed by atoms with van der Waals surface area (Å²) in [6, 6.07) is 14.1. The van der Waals surface area contributed by atoms with E-state index in [4.69, 9.17) is 16.9 Å². The van der Waals surface area contributed by atoms with E-state index in [1.807, 2.05) is 32.0 Å². The molecule has 0 spiro atoms. The molecule has 1 aromatic heterocycles. The highest BCUT2D eigenvalue weighted by atomic mass is 35.5. The lowest BCUT2D eigenvalue weighted by molar-refractivity contribution is 0.0941. The quantitative estimate of drug-likeness (QED) is 0.686. The van der Waals surface area contributed by atoms with Crippen LogP contribution in [0.5, 0.6) is 0 Å². The number of aryl methyl sites for hydroxylation is 2. The average molecular weight is 394 g/mol.